The molecule has 0 aliphatic heterocycles. The van der Waals surface area contributed by atoms with Crippen LogP contribution in [0.5, 0.6) is 0 Å². The number of nitrogens with zero attached hydrogens (tertiary/aromatic N) is 1. The second kappa shape index (κ2) is 9.59. The molecule has 27 heavy (non-hydrogen) atoms. The highest BCUT2D eigenvalue weighted by atomic mass is 16.5. The van der Waals surface area contributed by atoms with Crippen molar-refractivity contribution in [2.24, 2.45) is 0 Å². The lowest BCUT2D eigenvalue weighted by Crippen LogP contribution is -2.25. The standard InChI is InChI=1S/C21H18N2O4/c1-2-27-21(26)17(14-22)19(24)18(13-15-9-5-3-6-10-15)23-20(25)16-11-7-4-8-12-16/h3-13,24H,2H2,1H3,(H,23,25). The summed E-state index contributed by atoms with van der Waals surface area (Å²) in [6.45, 7) is 1.63. The van der Waals surface area contributed by atoms with Crippen molar-refractivity contribution in [2.45, 2.75) is 6.92 Å². The van der Waals surface area contributed by atoms with Gasteiger partial charge in [0.25, 0.3) is 5.91 Å². The summed E-state index contributed by atoms with van der Waals surface area (Å²) in [7, 11) is 0. The summed E-state index contributed by atoms with van der Waals surface area (Å²) in [6.07, 6.45) is 1.47. The van der Waals surface area contributed by atoms with Gasteiger partial charge in [-0.2, -0.15) is 5.26 Å². The fourth-order valence-corrected chi connectivity index (χ4v) is 2.20. The zero-order valence-corrected chi connectivity index (χ0v) is 14.7. The van der Waals surface area contributed by atoms with Crippen molar-refractivity contribution in [1.82, 2.24) is 5.32 Å². The van der Waals surface area contributed by atoms with Gasteiger partial charge < -0.3 is 15.2 Å². The van der Waals surface area contributed by atoms with Crippen LogP contribution in [0.25, 0.3) is 6.08 Å². The van der Waals surface area contributed by atoms with Crippen molar-refractivity contribution < 1.29 is 19.4 Å². The van der Waals surface area contributed by atoms with Gasteiger partial charge in [-0.25, -0.2) is 4.79 Å². The van der Waals surface area contributed by atoms with Crippen LogP contribution in [0.4, 0.5) is 0 Å². The van der Waals surface area contributed by atoms with Gasteiger partial charge in [0.15, 0.2) is 11.3 Å². The topological polar surface area (TPSA) is 99.4 Å². The van der Waals surface area contributed by atoms with E-state index in [2.05, 4.69) is 5.32 Å². The maximum Gasteiger partial charge on any atom is 0.352 e. The minimum atomic E-state index is -0.967. The Morgan fingerprint density at radius 3 is 2.26 bits per heavy atom. The van der Waals surface area contributed by atoms with Gasteiger partial charge in [0.2, 0.25) is 0 Å². The summed E-state index contributed by atoms with van der Waals surface area (Å²) >= 11 is 0. The lowest BCUT2D eigenvalue weighted by molar-refractivity contribution is -0.138. The van der Waals surface area contributed by atoms with E-state index in [1.807, 2.05) is 6.07 Å². The van der Waals surface area contributed by atoms with E-state index < -0.39 is 23.2 Å². The van der Waals surface area contributed by atoms with Crippen molar-refractivity contribution in [2.75, 3.05) is 6.61 Å². The molecule has 0 aliphatic rings. The first kappa shape index (κ1) is 19.5. The Labute approximate surface area is 157 Å². The summed E-state index contributed by atoms with van der Waals surface area (Å²) in [4.78, 5) is 24.4. The molecule has 0 aromatic heterocycles. The van der Waals surface area contributed by atoms with E-state index in [1.165, 1.54) is 6.08 Å². The molecule has 0 saturated heterocycles. The minimum Gasteiger partial charge on any atom is -0.504 e. The molecule has 0 radical (unpaired) electrons. The molecule has 2 aromatic carbocycles. The van der Waals surface area contributed by atoms with Gasteiger partial charge in [0.05, 0.1) is 12.3 Å². The maximum atomic E-state index is 12.5. The van der Waals surface area contributed by atoms with Crippen LogP contribution in [0.2, 0.25) is 0 Å². The van der Waals surface area contributed by atoms with E-state index >= 15 is 0 Å². The number of benzene rings is 2. The van der Waals surface area contributed by atoms with E-state index in [4.69, 9.17) is 4.74 Å². The van der Waals surface area contributed by atoms with Crippen LogP contribution in [0.1, 0.15) is 22.8 Å². The fraction of sp³-hybridized carbons (Fsp3) is 0.0952. The van der Waals surface area contributed by atoms with Crippen LogP contribution < -0.4 is 5.32 Å². The van der Waals surface area contributed by atoms with Crippen molar-refractivity contribution in [1.29, 1.82) is 5.26 Å². The highest BCUT2D eigenvalue weighted by molar-refractivity contribution is 5.98. The summed E-state index contributed by atoms with van der Waals surface area (Å²) in [6, 6.07) is 18.9. The molecule has 1 amide bonds. The molecular formula is C21H18N2O4. The Bertz CT molecular complexity index is 910. The second-order valence-electron chi connectivity index (χ2n) is 5.34. The quantitative estimate of drug-likeness (QED) is 0.270. The number of hydrogen-bond donors (Lipinski definition) is 2. The van der Waals surface area contributed by atoms with Crippen LogP contribution in [0, 0.1) is 11.3 Å². The Kier molecular flexibility index (Phi) is 6.91. The molecule has 6 heteroatoms. The van der Waals surface area contributed by atoms with E-state index in [1.54, 1.807) is 67.6 Å². The molecule has 0 unspecified atom stereocenters. The molecule has 6 nitrogen and oxygen atoms in total. The molecule has 136 valence electrons. The van der Waals surface area contributed by atoms with Crippen molar-refractivity contribution in [3.8, 4) is 6.07 Å². The van der Waals surface area contributed by atoms with Crippen LogP contribution in [0.15, 0.2) is 77.7 Å². The molecular weight excluding hydrogens is 344 g/mol. The van der Waals surface area contributed by atoms with Gasteiger partial charge in [0.1, 0.15) is 6.07 Å². The first-order valence-electron chi connectivity index (χ1n) is 8.20. The number of aliphatic hydroxyl groups excluding tert-OH is 1. The second-order valence-corrected chi connectivity index (χ2v) is 5.34. The minimum absolute atomic E-state index is 0.0470. The predicted molar refractivity (Wildman–Crippen MR) is 100 cm³/mol. The Morgan fingerprint density at radius 2 is 1.70 bits per heavy atom. The van der Waals surface area contributed by atoms with Gasteiger partial charge in [0, 0.05) is 5.56 Å². The van der Waals surface area contributed by atoms with Gasteiger partial charge >= 0.3 is 5.97 Å². The number of nitrogens with one attached hydrogen (secondary N) is 1. The third-order valence-electron chi connectivity index (χ3n) is 3.48. The highest BCUT2D eigenvalue weighted by Crippen LogP contribution is 2.16. The van der Waals surface area contributed by atoms with Gasteiger partial charge in [-0.15, -0.1) is 0 Å². The Morgan fingerprint density at radius 1 is 1.11 bits per heavy atom. The largest absolute Gasteiger partial charge is 0.504 e. The molecule has 0 spiro atoms. The number of hydrogen-bond acceptors (Lipinski definition) is 5. The van der Waals surface area contributed by atoms with Crippen LogP contribution >= 0.6 is 0 Å². The summed E-state index contributed by atoms with van der Waals surface area (Å²) in [5.41, 5.74) is 0.347. The number of nitriles is 1. The lowest BCUT2D eigenvalue weighted by atomic mass is 10.1. The molecule has 0 fully saturated rings. The molecule has 0 heterocycles. The lowest BCUT2D eigenvalue weighted by Gasteiger charge is -2.11. The zero-order chi connectivity index (χ0) is 19.6. The van der Waals surface area contributed by atoms with Crippen LogP contribution in [0.3, 0.4) is 0 Å². The summed E-state index contributed by atoms with van der Waals surface area (Å²) in [5, 5.41) is 22.3. The molecule has 0 saturated carbocycles. The zero-order valence-electron chi connectivity index (χ0n) is 14.7. The number of ether oxygens (including phenoxy) is 1. The average molecular weight is 362 g/mol. The molecule has 0 atom stereocenters. The normalized spacial score (nSPS) is 11.8. The first-order chi connectivity index (χ1) is 13.1. The number of carbonyl (C=O) groups excluding carboxylic acids is 2. The van der Waals surface area contributed by atoms with E-state index in [0.717, 1.165) is 0 Å². The first-order valence-corrected chi connectivity index (χ1v) is 8.20. The molecule has 0 aliphatic carbocycles. The third-order valence-corrected chi connectivity index (χ3v) is 3.48. The number of rotatable bonds is 6. The SMILES string of the molecule is CCOC(=O)C(C#N)=C(O)C(=Cc1ccccc1)NC(=O)c1ccccc1. The van der Waals surface area contributed by atoms with Crippen LogP contribution in [-0.2, 0) is 9.53 Å². The summed E-state index contributed by atoms with van der Waals surface area (Å²) in [5.74, 6) is -2.13. The molecule has 2 aromatic rings. The van der Waals surface area contributed by atoms with Crippen molar-refractivity contribution >= 4 is 18.0 Å². The van der Waals surface area contributed by atoms with Gasteiger partial charge in [-0.1, -0.05) is 48.5 Å². The van der Waals surface area contributed by atoms with E-state index in [0.29, 0.717) is 11.1 Å². The van der Waals surface area contributed by atoms with Crippen molar-refractivity contribution in [3.05, 3.63) is 88.8 Å². The maximum absolute atomic E-state index is 12.5. The third kappa shape index (κ3) is 5.31. The number of aliphatic hydroxyl groups is 1. The monoisotopic (exact) mass is 362 g/mol. The molecule has 0 bridgehead atoms. The van der Waals surface area contributed by atoms with Crippen molar-refractivity contribution in [3.63, 3.8) is 0 Å². The number of amides is 1. The van der Waals surface area contributed by atoms with Gasteiger partial charge in [-0.05, 0) is 30.7 Å². The Hall–Kier alpha value is -3.85. The number of carbonyl (C=O) groups is 2. The molecule has 2 rings (SSSR count). The Balaban J connectivity index is 2.47. The predicted octanol–water partition coefficient (Wildman–Crippen LogP) is 3.36. The fourth-order valence-electron chi connectivity index (χ4n) is 2.20. The smallest absolute Gasteiger partial charge is 0.352 e. The summed E-state index contributed by atoms with van der Waals surface area (Å²) < 4.78 is 4.79. The molecule has 2 N–H and O–H groups in total. The van der Waals surface area contributed by atoms with E-state index in [9.17, 15) is 20.0 Å². The van der Waals surface area contributed by atoms with Crippen LogP contribution in [-0.4, -0.2) is 23.6 Å². The van der Waals surface area contributed by atoms with E-state index in [-0.39, 0.29) is 12.3 Å². The average Bonchev–Trinajstić information content (AvgIpc) is 2.69. The number of esters is 1. The van der Waals surface area contributed by atoms with Gasteiger partial charge in [-0.3, -0.25) is 4.79 Å². The highest BCUT2D eigenvalue weighted by Gasteiger charge is 2.21.